The van der Waals surface area contributed by atoms with Gasteiger partial charge in [0.15, 0.2) is 0 Å². The summed E-state index contributed by atoms with van der Waals surface area (Å²) in [6.45, 7) is 0. The van der Waals surface area contributed by atoms with Crippen LogP contribution in [-0.4, -0.2) is 11.9 Å². The van der Waals surface area contributed by atoms with Crippen molar-refractivity contribution < 1.29 is 9.18 Å². The van der Waals surface area contributed by atoms with E-state index >= 15 is 0 Å². The first-order valence-electron chi connectivity index (χ1n) is 5.58. The largest absolute Gasteiger partial charge is 0.328 e. The van der Waals surface area contributed by atoms with Crippen LogP contribution in [0.4, 0.5) is 10.1 Å². The Hall–Kier alpha value is -1.13. The summed E-state index contributed by atoms with van der Waals surface area (Å²) < 4.78 is 13.4. The summed E-state index contributed by atoms with van der Waals surface area (Å²) >= 11 is 5.75. The minimum atomic E-state index is -0.481. The van der Waals surface area contributed by atoms with E-state index < -0.39 is 5.82 Å². The molecule has 1 aromatic carbocycles. The Morgan fingerprint density at radius 1 is 1.47 bits per heavy atom. The van der Waals surface area contributed by atoms with E-state index in [0.717, 1.165) is 12.8 Å². The van der Waals surface area contributed by atoms with Gasteiger partial charge in [0.1, 0.15) is 5.82 Å². The molecule has 0 radical (unpaired) electrons. The first-order valence-corrected chi connectivity index (χ1v) is 5.95. The van der Waals surface area contributed by atoms with Crippen LogP contribution in [0.25, 0.3) is 0 Å². The van der Waals surface area contributed by atoms with Gasteiger partial charge < -0.3 is 11.1 Å². The number of nitrogens with one attached hydrogen (secondary N) is 1. The number of carbonyl (C=O) groups is 1. The Bertz CT molecular complexity index is 439. The second-order valence-corrected chi connectivity index (χ2v) is 4.82. The SMILES string of the molecule is NC1CCC(C(=O)Nc2cc(Cl)ccc2F)C1. The molecule has 2 unspecified atom stereocenters. The predicted molar refractivity (Wildman–Crippen MR) is 65.4 cm³/mol. The fourth-order valence-electron chi connectivity index (χ4n) is 2.08. The van der Waals surface area contributed by atoms with Crippen LogP contribution in [0.15, 0.2) is 18.2 Å². The Kier molecular flexibility index (Phi) is 3.64. The average Bonchev–Trinajstić information content (AvgIpc) is 2.70. The molecule has 1 aromatic rings. The standard InChI is InChI=1S/C12H14ClFN2O/c13-8-2-4-10(14)11(6-8)16-12(17)7-1-3-9(15)5-7/h2,4,6-7,9H,1,3,5,15H2,(H,16,17). The van der Waals surface area contributed by atoms with E-state index in [1.807, 2.05) is 0 Å². The topological polar surface area (TPSA) is 55.1 Å². The van der Waals surface area contributed by atoms with Crippen LogP contribution in [0, 0.1) is 11.7 Å². The van der Waals surface area contributed by atoms with Gasteiger partial charge >= 0.3 is 0 Å². The molecule has 0 spiro atoms. The molecule has 0 saturated heterocycles. The monoisotopic (exact) mass is 256 g/mol. The lowest BCUT2D eigenvalue weighted by Crippen LogP contribution is -2.23. The van der Waals surface area contributed by atoms with Crippen LogP contribution >= 0.6 is 11.6 Å². The van der Waals surface area contributed by atoms with E-state index in [-0.39, 0.29) is 23.6 Å². The lowest BCUT2D eigenvalue weighted by atomic mass is 10.1. The molecule has 1 aliphatic carbocycles. The third-order valence-electron chi connectivity index (χ3n) is 3.03. The average molecular weight is 257 g/mol. The molecule has 17 heavy (non-hydrogen) atoms. The van der Waals surface area contributed by atoms with Crippen molar-refractivity contribution in [2.45, 2.75) is 25.3 Å². The molecule has 2 rings (SSSR count). The summed E-state index contributed by atoms with van der Waals surface area (Å²) in [6, 6.07) is 4.16. The van der Waals surface area contributed by atoms with Gasteiger partial charge in [0.25, 0.3) is 0 Å². The molecule has 3 nitrogen and oxygen atoms in total. The van der Waals surface area contributed by atoms with Crippen molar-refractivity contribution in [2.75, 3.05) is 5.32 Å². The number of carbonyl (C=O) groups excluding carboxylic acids is 1. The quantitative estimate of drug-likeness (QED) is 0.854. The molecule has 0 heterocycles. The van der Waals surface area contributed by atoms with Crippen molar-refractivity contribution in [1.29, 1.82) is 0 Å². The smallest absolute Gasteiger partial charge is 0.227 e. The molecule has 0 aliphatic heterocycles. The number of rotatable bonds is 2. The van der Waals surface area contributed by atoms with Gasteiger partial charge in [0, 0.05) is 17.0 Å². The van der Waals surface area contributed by atoms with Crippen molar-refractivity contribution in [1.82, 2.24) is 0 Å². The zero-order valence-electron chi connectivity index (χ0n) is 9.25. The number of benzene rings is 1. The van der Waals surface area contributed by atoms with Crippen LogP contribution in [-0.2, 0) is 4.79 Å². The van der Waals surface area contributed by atoms with Gasteiger partial charge in [-0.1, -0.05) is 11.6 Å². The number of hydrogen-bond acceptors (Lipinski definition) is 2. The summed E-state index contributed by atoms with van der Waals surface area (Å²) in [5, 5.41) is 2.95. The van der Waals surface area contributed by atoms with E-state index in [9.17, 15) is 9.18 Å². The van der Waals surface area contributed by atoms with E-state index in [4.69, 9.17) is 17.3 Å². The van der Waals surface area contributed by atoms with E-state index in [2.05, 4.69) is 5.32 Å². The zero-order chi connectivity index (χ0) is 12.4. The molecule has 0 bridgehead atoms. The zero-order valence-corrected chi connectivity index (χ0v) is 10.0. The molecule has 1 aliphatic rings. The summed E-state index contributed by atoms with van der Waals surface area (Å²) in [6.07, 6.45) is 2.26. The van der Waals surface area contributed by atoms with E-state index in [0.29, 0.717) is 11.4 Å². The lowest BCUT2D eigenvalue weighted by Gasteiger charge is -2.11. The maximum Gasteiger partial charge on any atom is 0.227 e. The van der Waals surface area contributed by atoms with Gasteiger partial charge in [0.05, 0.1) is 5.69 Å². The molecule has 0 aromatic heterocycles. The van der Waals surface area contributed by atoms with Crippen LogP contribution < -0.4 is 11.1 Å². The molecule has 5 heteroatoms. The maximum atomic E-state index is 13.4. The Morgan fingerprint density at radius 3 is 2.88 bits per heavy atom. The van der Waals surface area contributed by atoms with Gasteiger partial charge in [-0.3, -0.25) is 4.79 Å². The highest BCUT2D eigenvalue weighted by atomic mass is 35.5. The second kappa shape index (κ2) is 5.02. The Balaban J connectivity index is 2.05. The number of anilines is 1. The van der Waals surface area contributed by atoms with Crippen molar-refractivity contribution in [3.05, 3.63) is 29.0 Å². The summed E-state index contributed by atoms with van der Waals surface area (Å²) in [7, 11) is 0. The number of amides is 1. The Morgan fingerprint density at radius 2 is 2.24 bits per heavy atom. The van der Waals surface area contributed by atoms with Gasteiger partial charge in [-0.15, -0.1) is 0 Å². The highest BCUT2D eigenvalue weighted by Gasteiger charge is 2.28. The molecule has 1 saturated carbocycles. The first-order chi connectivity index (χ1) is 8.06. The maximum absolute atomic E-state index is 13.4. The van der Waals surface area contributed by atoms with E-state index in [1.54, 1.807) is 0 Å². The number of hydrogen-bond donors (Lipinski definition) is 2. The predicted octanol–water partition coefficient (Wildman–Crippen LogP) is 2.54. The van der Waals surface area contributed by atoms with Crippen LogP contribution in [0.2, 0.25) is 5.02 Å². The van der Waals surface area contributed by atoms with Crippen molar-refractivity contribution in [3.8, 4) is 0 Å². The molecule has 1 fully saturated rings. The fraction of sp³-hybridized carbons (Fsp3) is 0.417. The normalized spacial score (nSPS) is 23.7. The first kappa shape index (κ1) is 12.3. The third-order valence-corrected chi connectivity index (χ3v) is 3.27. The van der Waals surface area contributed by atoms with Crippen LogP contribution in [0.3, 0.4) is 0 Å². The molecule has 3 N–H and O–H groups in total. The highest BCUT2D eigenvalue weighted by molar-refractivity contribution is 6.30. The van der Waals surface area contributed by atoms with Crippen LogP contribution in [0.1, 0.15) is 19.3 Å². The minimum Gasteiger partial charge on any atom is -0.328 e. The summed E-state index contributed by atoms with van der Waals surface area (Å²) in [5.74, 6) is -0.785. The minimum absolute atomic E-state index is 0.0787. The van der Waals surface area contributed by atoms with Crippen molar-refractivity contribution in [3.63, 3.8) is 0 Å². The summed E-state index contributed by atoms with van der Waals surface area (Å²) in [5.41, 5.74) is 5.86. The Labute approximate surface area is 104 Å². The van der Waals surface area contributed by atoms with Gasteiger partial charge in [-0.2, -0.15) is 0 Å². The highest BCUT2D eigenvalue weighted by Crippen LogP contribution is 2.26. The lowest BCUT2D eigenvalue weighted by molar-refractivity contribution is -0.119. The van der Waals surface area contributed by atoms with Gasteiger partial charge in [0.2, 0.25) is 5.91 Å². The van der Waals surface area contributed by atoms with Crippen LogP contribution in [0.5, 0.6) is 0 Å². The van der Waals surface area contributed by atoms with Gasteiger partial charge in [-0.25, -0.2) is 4.39 Å². The third kappa shape index (κ3) is 2.96. The van der Waals surface area contributed by atoms with E-state index in [1.165, 1.54) is 18.2 Å². The molecular formula is C12H14ClFN2O. The fourth-order valence-corrected chi connectivity index (χ4v) is 2.25. The number of halogens is 2. The second-order valence-electron chi connectivity index (χ2n) is 4.38. The van der Waals surface area contributed by atoms with Gasteiger partial charge in [-0.05, 0) is 37.5 Å². The number of nitrogens with two attached hydrogens (primary N) is 1. The summed E-state index contributed by atoms with van der Waals surface area (Å²) in [4.78, 5) is 11.8. The molecule has 2 atom stereocenters. The molecular weight excluding hydrogens is 243 g/mol. The molecule has 92 valence electrons. The molecule has 1 amide bonds. The van der Waals surface area contributed by atoms with Crippen molar-refractivity contribution >= 4 is 23.2 Å². The van der Waals surface area contributed by atoms with Crippen molar-refractivity contribution in [2.24, 2.45) is 11.7 Å².